The second-order valence-electron chi connectivity index (χ2n) is 4.00. The zero-order valence-electron chi connectivity index (χ0n) is 8.78. The number of hydrogen-bond donors (Lipinski definition) is 1. The summed E-state index contributed by atoms with van der Waals surface area (Å²) in [5.41, 5.74) is 3.64. The Kier molecular flexibility index (Phi) is 2.33. The summed E-state index contributed by atoms with van der Waals surface area (Å²) in [5.74, 6) is 0. The fourth-order valence-electron chi connectivity index (χ4n) is 2.22. The summed E-state index contributed by atoms with van der Waals surface area (Å²) in [5, 5.41) is 0.842. The Morgan fingerprint density at radius 3 is 3.19 bits per heavy atom. The fourth-order valence-corrected chi connectivity index (χ4v) is 2.53. The molecule has 1 aliphatic rings. The van der Waals surface area contributed by atoms with E-state index in [-0.39, 0.29) is 0 Å². The van der Waals surface area contributed by atoms with Gasteiger partial charge in [-0.25, -0.2) is 4.98 Å². The molecule has 0 spiro atoms. The van der Waals surface area contributed by atoms with E-state index in [1.54, 1.807) is 6.33 Å². The monoisotopic (exact) mass is 233 g/mol. The van der Waals surface area contributed by atoms with E-state index in [0.29, 0.717) is 0 Å². The molecule has 2 heterocycles. The highest BCUT2D eigenvalue weighted by atomic mass is 35.5. The van der Waals surface area contributed by atoms with Crippen LogP contribution < -0.4 is 4.90 Å². The largest absolute Gasteiger partial charge is 0.364 e. The molecule has 1 aromatic carbocycles. The van der Waals surface area contributed by atoms with Gasteiger partial charge >= 0.3 is 0 Å². The molecule has 3 nitrogen and oxygen atoms in total. The SMILES string of the molecule is Clc1cccc2c1N(Cc1cnc[nH]1)CC2. The van der Waals surface area contributed by atoms with Crippen LogP contribution in [0.1, 0.15) is 11.3 Å². The third-order valence-electron chi connectivity index (χ3n) is 2.95. The number of aromatic amines is 1. The number of benzene rings is 1. The second kappa shape index (κ2) is 3.83. The lowest BCUT2D eigenvalue weighted by Gasteiger charge is -2.19. The summed E-state index contributed by atoms with van der Waals surface area (Å²) >= 11 is 6.24. The van der Waals surface area contributed by atoms with Gasteiger partial charge in [-0.05, 0) is 18.1 Å². The average Bonchev–Trinajstić information content (AvgIpc) is 2.90. The zero-order chi connectivity index (χ0) is 11.0. The zero-order valence-corrected chi connectivity index (χ0v) is 9.54. The summed E-state index contributed by atoms with van der Waals surface area (Å²) < 4.78 is 0. The van der Waals surface area contributed by atoms with E-state index in [0.717, 1.165) is 30.2 Å². The summed E-state index contributed by atoms with van der Waals surface area (Å²) in [6, 6.07) is 6.11. The van der Waals surface area contributed by atoms with Gasteiger partial charge in [0.1, 0.15) is 0 Å². The minimum Gasteiger partial charge on any atom is -0.364 e. The second-order valence-corrected chi connectivity index (χ2v) is 4.40. The van der Waals surface area contributed by atoms with Crippen LogP contribution in [0.2, 0.25) is 5.02 Å². The molecule has 1 aliphatic heterocycles. The third kappa shape index (κ3) is 1.57. The molecule has 0 fully saturated rings. The number of nitrogens with zero attached hydrogens (tertiary/aromatic N) is 2. The number of hydrogen-bond acceptors (Lipinski definition) is 2. The van der Waals surface area contributed by atoms with Gasteiger partial charge in [-0.1, -0.05) is 23.7 Å². The van der Waals surface area contributed by atoms with E-state index in [1.165, 1.54) is 11.3 Å². The van der Waals surface area contributed by atoms with Crippen molar-refractivity contribution < 1.29 is 0 Å². The molecule has 3 rings (SSSR count). The number of fused-ring (bicyclic) bond motifs is 1. The van der Waals surface area contributed by atoms with Crippen LogP contribution >= 0.6 is 11.6 Å². The molecular weight excluding hydrogens is 222 g/mol. The average molecular weight is 234 g/mol. The lowest BCUT2D eigenvalue weighted by molar-refractivity contribution is 0.819. The van der Waals surface area contributed by atoms with Crippen LogP contribution in [-0.2, 0) is 13.0 Å². The van der Waals surface area contributed by atoms with Gasteiger partial charge < -0.3 is 9.88 Å². The standard InChI is InChI=1S/C12H12ClN3/c13-11-3-1-2-9-4-5-16(12(9)11)7-10-6-14-8-15-10/h1-3,6,8H,4-5,7H2,(H,14,15). The molecule has 1 N–H and O–H groups in total. The van der Waals surface area contributed by atoms with Crippen molar-refractivity contribution in [2.45, 2.75) is 13.0 Å². The first kappa shape index (κ1) is 9.73. The summed E-state index contributed by atoms with van der Waals surface area (Å²) in [7, 11) is 0. The maximum absolute atomic E-state index is 6.24. The molecule has 1 aromatic heterocycles. The lowest BCUT2D eigenvalue weighted by Crippen LogP contribution is -2.20. The number of anilines is 1. The van der Waals surface area contributed by atoms with Gasteiger partial charge in [0, 0.05) is 12.7 Å². The van der Waals surface area contributed by atoms with E-state index in [2.05, 4.69) is 20.9 Å². The summed E-state index contributed by atoms with van der Waals surface area (Å²) in [6.07, 6.45) is 4.64. The van der Waals surface area contributed by atoms with Crippen molar-refractivity contribution in [1.82, 2.24) is 9.97 Å². The molecule has 2 aromatic rings. The van der Waals surface area contributed by atoms with Gasteiger partial charge in [0.05, 0.1) is 29.3 Å². The van der Waals surface area contributed by atoms with E-state index >= 15 is 0 Å². The first-order valence-corrected chi connectivity index (χ1v) is 5.72. The van der Waals surface area contributed by atoms with Crippen molar-refractivity contribution in [3.8, 4) is 0 Å². The fraction of sp³-hybridized carbons (Fsp3) is 0.250. The van der Waals surface area contributed by atoms with E-state index < -0.39 is 0 Å². The Hall–Kier alpha value is -1.48. The number of imidazole rings is 1. The molecule has 0 saturated carbocycles. The van der Waals surface area contributed by atoms with Crippen molar-refractivity contribution in [3.63, 3.8) is 0 Å². The molecule has 0 atom stereocenters. The molecule has 16 heavy (non-hydrogen) atoms. The number of rotatable bonds is 2. The predicted octanol–water partition coefficient (Wildman–Crippen LogP) is 2.63. The van der Waals surface area contributed by atoms with Crippen molar-refractivity contribution in [2.75, 3.05) is 11.4 Å². The molecule has 82 valence electrons. The van der Waals surface area contributed by atoms with Gasteiger partial charge in [0.25, 0.3) is 0 Å². The normalized spacial score (nSPS) is 14.2. The Labute approximate surface area is 99.1 Å². The number of para-hydroxylation sites is 1. The molecule has 0 amide bonds. The third-order valence-corrected chi connectivity index (χ3v) is 3.26. The van der Waals surface area contributed by atoms with Crippen molar-refractivity contribution in [2.24, 2.45) is 0 Å². The Morgan fingerprint density at radius 2 is 2.38 bits per heavy atom. The Morgan fingerprint density at radius 1 is 1.44 bits per heavy atom. The number of halogens is 1. The number of H-pyrrole nitrogens is 1. The van der Waals surface area contributed by atoms with Gasteiger partial charge in [-0.2, -0.15) is 0 Å². The summed E-state index contributed by atoms with van der Waals surface area (Å²) in [6.45, 7) is 1.87. The first-order valence-electron chi connectivity index (χ1n) is 5.34. The number of nitrogens with one attached hydrogen (secondary N) is 1. The molecule has 0 unspecified atom stereocenters. The maximum atomic E-state index is 6.24. The smallest absolute Gasteiger partial charge is 0.0922 e. The topological polar surface area (TPSA) is 31.9 Å². The van der Waals surface area contributed by atoms with Crippen molar-refractivity contribution >= 4 is 17.3 Å². The molecule has 0 bridgehead atoms. The predicted molar refractivity (Wildman–Crippen MR) is 64.8 cm³/mol. The van der Waals surface area contributed by atoms with Gasteiger partial charge in [0.2, 0.25) is 0 Å². The van der Waals surface area contributed by atoms with Crippen molar-refractivity contribution in [1.29, 1.82) is 0 Å². The Bertz CT molecular complexity index is 493. The van der Waals surface area contributed by atoms with Gasteiger partial charge in [0.15, 0.2) is 0 Å². The minimum atomic E-state index is 0.842. The van der Waals surface area contributed by atoms with Crippen LogP contribution in [0, 0.1) is 0 Å². The Balaban J connectivity index is 1.91. The molecule has 4 heteroatoms. The van der Waals surface area contributed by atoms with Crippen LogP contribution in [0.5, 0.6) is 0 Å². The highest BCUT2D eigenvalue weighted by molar-refractivity contribution is 6.33. The van der Waals surface area contributed by atoms with Crippen LogP contribution in [0.15, 0.2) is 30.7 Å². The van der Waals surface area contributed by atoms with Crippen LogP contribution in [-0.4, -0.2) is 16.5 Å². The number of aromatic nitrogens is 2. The molecule has 0 aliphatic carbocycles. The lowest BCUT2D eigenvalue weighted by atomic mass is 10.2. The van der Waals surface area contributed by atoms with E-state index in [9.17, 15) is 0 Å². The highest BCUT2D eigenvalue weighted by Crippen LogP contribution is 2.35. The molecular formula is C12H12ClN3. The van der Waals surface area contributed by atoms with Gasteiger partial charge in [-0.15, -0.1) is 0 Å². The maximum Gasteiger partial charge on any atom is 0.0922 e. The molecule has 0 saturated heterocycles. The molecule has 0 radical (unpaired) electrons. The van der Waals surface area contributed by atoms with Crippen LogP contribution in [0.4, 0.5) is 5.69 Å². The van der Waals surface area contributed by atoms with Gasteiger partial charge in [-0.3, -0.25) is 0 Å². The minimum absolute atomic E-state index is 0.842. The van der Waals surface area contributed by atoms with E-state index in [4.69, 9.17) is 11.6 Å². The summed E-state index contributed by atoms with van der Waals surface area (Å²) in [4.78, 5) is 9.44. The quantitative estimate of drug-likeness (QED) is 0.865. The van der Waals surface area contributed by atoms with E-state index in [1.807, 2.05) is 18.3 Å². The highest BCUT2D eigenvalue weighted by Gasteiger charge is 2.21. The first-order chi connectivity index (χ1) is 7.84. The van der Waals surface area contributed by atoms with Crippen LogP contribution in [0.25, 0.3) is 0 Å². The van der Waals surface area contributed by atoms with Crippen molar-refractivity contribution in [3.05, 3.63) is 47.0 Å². The van der Waals surface area contributed by atoms with Crippen LogP contribution in [0.3, 0.4) is 0 Å².